The smallest absolute Gasteiger partial charge is 0.395 e. The summed E-state index contributed by atoms with van der Waals surface area (Å²) in [5.74, 6) is 0. The van der Waals surface area contributed by atoms with Crippen LogP contribution in [0.15, 0.2) is 0 Å². The maximum atomic E-state index is 12.9. The molecule has 0 amide bonds. The molecule has 1 atom stereocenters. The van der Waals surface area contributed by atoms with Crippen molar-refractivity contribution in [1.82, 2.24) is 0 Å². The van der Waals surface area contributed by atoms with Gasteiger partial charge in [-0.25, -0.2) is 4.39 Å². The third kappa shape index (κ3) is 3.33. The van der Waals surface area contributed by atoms with E-state index in [1.54, 1.807) is 0 Å². The van der Waals surface area contributed by atoms with Crippen LogP contribution in [0, 0.1) is 0 Å². The average molecular weight is 354 g/mol. The van der Waals surface area contributed by atoms with Crippen LogP contribution < -0.4 is 0 Å². The Morgan fingerprint density at radius 1 is 0.933 bits per heavy atom. The highest BCUT2D eigenvalue weighted by atomic mass is 127. The Hall–Kier alpha value is 0.200. The Morgan fingerprint density at radius 3 is 1.47 bits per heavy atom. The fourth-order valence-electron chi connectivity index (χ4n) is 0.762. The topological polar surface area (TPSA) is 20.2 Å². The molecule has 0 aliphatic rings. The van der Waals surface area contributed by atoms with E-state index in [2.05, 4.69) is 0 Å². The minimum atomic E-state index is -6.04. The van der Waals surface area contributed by atoms with Gasteiger partial charge in [-0.2, -0.15) is 26.3 Å². The minimum absolute atomic E-state index is 0.960. The van der Waals surface area contributed by atoms with Gasteiger partial charge in [-0.15, -0.1) is 0 Å². The van der Waals surface area contributed by atoms with E-state index in [4.69, 9.17) is 5.11 Å². The molecule has 9 heteroatoms. The van der Waals surface area contributed by atoms with E-state index in [0.29, 0.717) is 0 Å². The molecular weight excluding hydrogens is 348 g/mol. The lowest BCUT2D eigenvalue weighted by atomic mass is 9.98. The van der Waals surface area contributed by atoms with Crippen LogP contribution in [0.3, 0.4) is 0 Å². The first-order valence-corrected chi connectivity index (χ1v) is 4.77. The van der Waals surface area contributed by atoms with Crippen LogP contribution in [0.5, 0.6) is 0 Å². The van der Waals surface area contributed by atoms with Gasteiger partial charge in [0.15, 0.2) is 0 Å². The van der Waals surface area contributed by atoms with Crippen LogP contribution >= 0.6 is 22.6 Å². The highest BCUT2D eigenvalue weighted by Crippen LogP contribution is 2.49. The summed E-state index contributed by atoms with van der Waals surface area (Å²) in [6, 6.07) is 0. The first-order chi connectivity index (χ1) is 6.45. The lowest BCUT2D eigenvalue weighted by Gasteiger charge is -2.31. The van der Waals surface area contributed by atoms with Crippen molar-refractivity contribution in [3.8, 4) is 0 Å². The molecule has 0 aliphatic carbocycles. The predicted octanol–water partition coefficient (Wildman–Crippen LogP) is 3.01. The molecule has 0 aromatic rings. The second-order valence-electron chi connectivity index (χ2n) is 2.78. The third-order valence-electron chi connectivity index (χ3n) is 1.60. The zero-order chi connectivity index (χ0) is 12.5. The zero-order valence-electron chi connectivity index (χ0n) is 6.96. The van der Waals surface area contributed by atoms with E-state index in [0.717, 1.165) is 22.6 Å². The van der Waals surface area contributed by atoms with E-state index in [1.165, 1.54) is 0 Å². The molecule has 1 N–H and O–H groups in total. The summed E-state index contributed by atoms with van der Waals surface area (Å²) in [7, 11) is 0. The van der Waals surface area contributed by atoms with E-state index < -0.39 is 35.0 Å². The standard InChI is InChI=1S/C6H6F7IO/c7-4(5(8,9)10,6(11,12)13)1-3(14)2-15/h3,15H,1-2H2/t3-/m0/s1. The molecular formula is C6H6F7IO. The van der Waals surface area contributed by atoms with Crippen LogP contribution in [0.4, 0.5) is 30.7 Å². The lowest BCUT2D eigenvalue weighted by molar-refractivity contribution is -0.343. The minimum Gasteiger partial charge on any atom is -0.395 e. The normalized spacial score (nSPS) is 16.6. The zero-order valence-corrected chi connectivity index (χ0v) is 9.12. The van der Waals surface area contributed by atoms with Crippen molar-refractivity contribution in [3.63, 3.8) is 0 Å². The van der Waals surface area contributed by atoms with Gasteiger partial charge in [0.2, 0.25) is 0 Å². The summed E-state index contributed by atoms with van der Waals surface area (Å²) < 4.78 is 82.9. The highest BCUT2D eigenvalue weighted by Gasteiger charge is 2.72. The van der Waals surface area contributed by atoms with Gasteiger partial charge in [0, 0.05) is 10.3 Å². The van der Waals surface area contributed by atoms with Gasteiger partial charge >= 0.3 is 12.4 Å². The number of halogens is 8. The fraction of sp³-hybridized carbons (Fsp3) is 1.00. The fourth-order valence-corrected chi connectivity index (χ4v) is 1.37. The van der Waals surface area contributed by atoms with Crippen molar-refractivity contribution in [2.24, 2.45) is 0 Å². The first-order valence-electron chi connectivity index (χ1n) is 3.53. The number of alkyl halides is 8. The van der Waals surface area contributed by atoms with Crippen molar-refractivity contribution in [2.75, 3.05) is 6.61 Å². The number of rotatable bonds is 3. The van der Waals surface area contributed by atoms with Gasteiger partial charge in [0.25, 0.3) is 5.67 Å². The summed E-state index contributed by atoms with van der Waals surface area (Å²) in [4.78, 5) is 0. The molecule has 0 rings (SSSR count). The maximum absolute atomic E-state index is 12.9. The Bertz CT molecular complexity index is 197. The largest absolute Gasteiger partial charge is 0.431 e. The number of aliphatic hydroxyl groups is 1. The molecule has 0 saturated heterocycles. The average Bonchev–Trinajstić information content (AvgIpc) is 1.99. The highest BCUT2D eigenvalue weighted by molar-refractivity contribution is 14.1. The SMILES string of the molecule is OC[C@@H](I)CC(F)(C(F)(F)F)C(F)(F)F. The summed E-state index contributed by atoms with van der Waals surface area (Å²) in [6.45, 7) is -0.960. The first kappa shape index (κ1) is 15.2. The van der Waals surface area contributed by atoms with Crippen LogP contribution in [0.2, 0.25) is 0 Å². The molecule has 0 aromatic carbocycles. The summed E-state index contributed by atoms with van der Waals surface area (Å²) in [5.41, 5.74) is -5.27. The van der Waals surface area contributed by atoms with Gasteiger partial charge in [-0.1, -0.05) is 22.6 Å². The molecule has 0 bridgehead atoms. The summed E-state index contributed by atoms with van der Waals surface area (Å²) in [6.07, 6.45) is -13.9. The van der Waals surface area contributed by atoms with Crippen molar-refractivity contribution in [1.29, 1.82) is 0 Å². The lowest BCUT2D eigenvalue weighted by Crippen LogP contribution is -2.54. The van der Waals surface area contributed by atoms with E-state index in [9.17, 15) is 30.7 Å². The van der Waals surface area contributed by atoms with Crippen molar-refractivity contribution >= 4 is 22.6 Å². The molecule has 0 aliphatic heterocycles. The van der Waals surface area contributed by atoms with Crippen LogP contribution in [-0.2, 0) is 0 Å². The van der Waals surface area contributed by atoms with Gasteiger partial charge < -0.3 is 5.11 Å². The second-order valence-corrected chi connectivity index (χ2v) is 4.54. The van der Waals surface area contributed by atoms with Crippen molar-refractivity contribution in [2.45, 2.75) is 28.4 Å². The van der Waals surface area contributed by atoms with Gasteiger partial charge in [0.1, 0.15) is 0 Å². The van der Waals surface area contributed by atoms with Crippen molar-refractivity contribution < 1.29 is 35.8 Å². The Kier molecular flexibility index (Phi) is 4.66. The van der Waals surface area contributed by atoms with Gasteiger partial charge in [0.05, 0.1) is 6.61 Å². The van der Waals surface area contributed by atoms with Gasteiger partial charge in [-0.3, -0.25) is 0 Å². The Balaban J connectivity index is 5.06. The van der Waals surface area contributed by atoms with E-state index in [-0.39, 0.29) is 0 Å². The van der Waals surface area contributed by atoms with Crippen molar-refractivity contribution in [3.05, 3.63) is 0 Å². The Labute approximate surface area is 93.8 Å². The Morgan fingerprint density at radius 2 is 1.27 bits per heavy atom. The monoisotopic (exact) mass is 354 g/mol. The summed E-state index contributed by atoms with van der Waals surface area (Å²) >= 11 is 1.12. The molecule has 0 heterocycles. The van der Waals surface area contributed by atoms with Crippen LogP contribution in [0.1, 0.15) is 6.42 Å². The molecule has 1 nitrogen and oxygen atoms in total. The molecule has 0 unspecified atom stereocenters. The molecule has 92 valence electrons. The van der Waals surface area contributed by atoms with Crippen LogP contribution in [-0.4, -0.2) is 33.7 Å². The van der Waals surface area contributed by atoms with Gasteiger partial charge in [-0.05, 0) is 0 Å². The number of hydrogen-bond acceptors (Lipinski definition) is 1. The number of hydrogen-bond donors (Lipinski definition) is 1. The molecule has 0 saturated carbocycles. The maximum Gasteiger partial charge on any atom is 0.431 e. The predicted molar refractivity (Wildman–Crippen MR) is 45.5 cm³/mol. The van der Waals surface area contributed by atoms with E-state index in [1.807, 2.05) is 0 Å². The number of aliphatic hydroxyl groups excluding tert-OH is 1. The summed E-state index contributed by atoms with van der Waals surface area (Å²) in [5, 5.41) is 8.32. The molecule has 0 radical (unpaired) electrons. The second kappa shape index (κ2) is 4.60. The third-order valence-corrected chi connectivity index (χ3v) is 2.43. The van der Waals surface area contributed by atoms with E-state index >= 15 is 0 Å². The molecule has 0 spiro atoms. The molecule has 0 fully saturated rings. The molecule has 15 heavy (non-hydrogen) atoms. The molecule has 0 aromatic heterocycles. The quantitative estimate of drug-likeness (QED) is 0.470. The van der Waals surface area contributed by atoms with Crippen LogP contribution in [0.25, 0.3) is 0 Å².